The van der Waals surface area contributed by atoms with E-state index in [2.05, 4.69) is 15.0 Å². The van der Waals surface area contributed by atoms with Crippen LogP contribution in [-0.4, -0.2) is 30.6 Å². The standard InChI is InChI=1S/C8H9N5O2/c1-3-10-5(9)4-6(11-3)12-7(8(14)15)13(4)2/h1-2H3,(H,14,15)(H2,9,10,11). The number of aromatic carboxylic acids is 1. The fraction of sp³-hybridized carbons (Fsp3) is 0.250. The SMILES string of the molecule is Cc1nc(N)c2c(n1)nc(C(=O)O)n2C. The van der Waals surface area contributed by atoms with Crippen LogP contribution in [0.2, 0.25) is 0 Å². The first-order valence-corrected chi connectivity index (χ1v) is 4.20. The lowest BCUT2D eigenvalue weighted by molar-refractivity contribution is 0.0680. The van der Waals surface area contributed by atoms with Crippen molar-refractivity contribution in [1.82, 2.24) is 19.5 Å². The Hall–Kier alpha value is -2.18. The van der Waals surface area contributed by atoms with Crippen LogP contribution in [0.25, 0.3) is 11.2 Å². The van der Waals surface area contributed by atoms with Crippen molar-refractivity contribution in [2.75, 3.05) is 5.73 Å². The van der Waals surface area contributed by atoms with E-state index < -0.39 is 5.97 Å². The highest BCUT2D eigenvalue weighted by molar-refractivity contribution is 5.91. The van der Waals surface area contributed by atoms with Gasteiger partial charge in [-0.25, -0.2) is 19.7 Å². The Morgan fingerprint density at radius 1 is 1.40 bits per heavy atom. The van der Waals surface area contributed by atoms with Crippen molar-refractivity contribution in [3.8, 4) is 0 Å². The molecule has 2 aromatic rings. The molecule has 0 aliphatic carbocycles. The van der Waals surface area contributed by atoms with Crippen molar-refractivity contribution in [3.63, 3.8) is 0 Å². The molecule has 0 radical (unpaired) electrons. The van der Waals surface area contributed by atoms with Crippen LogP contribution >= 0.6 is 0 Å². The highest BCUT2D eigenvalue weighted by Crippen LogP contribution is 2.18. The van der Waals surface area contributed by atoms with Crippen molar-refractivity contribution >= 4 is 23.0 Å². The van der Waals surface area contributed by atoms with Gasteiger partial charge in [-0.2, -0.15) is 0 Å². The van der Waals surface area contributed by atoms with Gasteiger partial charge in [0.1, 0.15) is 11.3 Å². The van der Waals surface area contributed by atoms with E-state index in [1.54, 1.807) is 14.0 Å². The zero-order valence-electron chi connectivity index (χ0n) is 8.22. The number of fused-ring (bicyclic) bond motifs is 1. The molecule has 7 nitrogen and oxygen atoms in total. The first-order valence-electron chi connectivity index (χ1n) is 4.20. The summed E-state index contributed by atoms with van der Waals surface area (Å²) in [4.78, 5) is 22.6. The van der Waals surface area contributed by atoms with E-state index in [-0.39, 0.29) is 11.6 Å². The van der Waals surface area contributed by atoms with Gasteiger partial charge in [0.25, 0.3) is 0 Å². The van der Waals surface area contributed by atoms with Crippen molar-refractivity contribution in [2.24, 2.45) is 7.05 Å². The zero-order valence-corrected chi connectivity index (χ0v) is 8.22. The Kier molecular flexibility index (Phi) is 1.82. The third kappa shape index (κ3) is 1.28. The lowest BCUT2D eigenvalue weighted by Crippen LogP contribution is -2.06. The minimum absolute atomic E-state index is 0.100. The first-order chi connectivity index (χ1) is 7.00. The summed E-state index contributed by atoms with van der Waals surface area (Å²) in [6, 6.07) is 0. The van der Waals surface area contributed by atoms with E-state index in [9.17, 15) is 4.79 Å². The number of nitrogen functional groups attached to an aromatic ring is 1. The van der Waals surface area contributed by atoms with Crippen LogP contribution in [0.3, 0.4) is 0 Å². The minimum atomic E-state index is -1.12. The molecule has 78 valence electrons. The summed E-state index contributed by atoms with van der Waals surface area (Å²) in [6.07, 6.45) is 0. The fourth-order valence-corrected chi connectivity index (χ4v) is 1.45. The Balaban J connectivity index is 2.88. The van der Waals surface area contributed by atoms with Crippen LogP contribution in [0.4, 0.5) is 5.82 Å². The highest BCUT2D eigenvalue weighted by Gasteiger charge is 2.17. The number of anilines is 1. The number of rotatable bonds is 1. The lowest BCUT2D eigenvalue weighted by Gasteiger charge is -1.99. The van der Waals surface area contributed by atoms with Crippen molar-refractivity contribution < 1.29 is 9.90 Å². The van der Waals surface area contributed by atoms with Gasteiger partial charge in [-0.15, -0.1) is 0 Å². The number of carboxylic acid groups (broad SMARTS) is 1. The molecule has 7 heteroatoms. The largest absolute Gasteiger partial charge is 0.475 e. The average Bonchev–Trinajstić information content (AvgIpc) is 2.42. The van der Waals surface area contributed by atoms with E-state index in [0.717, 1.165) is 0 Å². The molecule has 0 unspecified atom stereocenters. The second-order valence-corrected chi connectivity index (χ2v) is 3.13. The summed E-state index contributed by atoms with van der Waals surface area (Å²) in [5, 5.41) is 8.85. The summed E-state index contributed by atoms with van der Waals surface area (Å²) in [7, 11) is 1.56. The van der Waals surface area contributed by atoms with Gasteiger partial charge in [-0.05, 0) is 6.92 Å². The van der Waals surface area contributed by atoms with Crippen molar-refractivity contribution in [2.45, 2.75) is 6.92 Å². The molecule has 0 bridgehead atoms. The number of aromatic nitrogens is 4. The molecule has 0 saturated carbocycles. The average molecular weight is 207 g/mol. The fourth-order valence-electron chi connectivity index (χ4n) is 1.45. The van der Waals surface area contributed by atoms with Crippen LogP contribution in [0.5, 0.6) is 0 Å². The molecule has 2 rings (SSSR count). The van der Waals surface area contributed by atoms with Gasteiger partial charge in [0.2, 0.25) is 5.82 Å². The van der Waals surface area contributed by atoms with Gasteiger partial charge in [-0.3, -0.25) is 0 Å². The summed E-state index contributed by atoms with van der Waals surface area (Å²) < 4.78 is 1.37. The van der Waals surface area contributed by atoms with Crippen LogP contribution in [-0.2, 0) is 7.05 Å². The number of aryl methyl sites for hydroxylation is 2. The number of nitrogens with zero attached hydrogens (tertiary/aromatic N) is 4. The second kappa shape index (κ2) is 2.91. The summed E-state index contributed by atoms with van der Waals surface area (Å²) in [5.74, 6) is -0.515. The maximum absolute atomic E-state index is 10.8. The number of imidazole rings is 1. The molecule has 0 saturated heterocycles. The molecular formula is C8H9N5O2. The van der Waals surface area contributed by atoms with Crippen LogP contribution in [0.15, 0.2) is 0 Å². The van der Waals surface area contributed by atoms with Gasteiger partial charge in [0.15, 0.2) is 11.5 Å². The van der Waals surface area contributed by atoms with Crippen LogP contribution in [0.1, 0.15) is 16.4 Å². The predicted molar refractivity (Wildman–Crippen MR) is 52.4 cm³/mol. The molecular weight excluding hydrogens is 198 g/mol. The van der Waals surface area contributed by atoms with Crippen molar-refractivity contribution in [1.29, 1.82) is 0 Å². The van der Waals surface area contributed by atoms with Gasteiger partial charge in [-0.1, -0.05) is 0 Å². The Morgan fingerprint density at radius 3 is 2.67 bits per heavy atom. The normalized spacial score (nSPS) is 10.8. The minimum Gasteiger partial charge on any atom is -0.475 e. The molecule has 0 aromatic carbocycles. The third-order valence-electron chi connectivity index (χ3n) is 2.06. The number of hydrogen-bond acceptors (Lipinski definition) is 5. The highest BCUT2D eigenvalue weighted by atomic mass is 16.4. The first kappa shape index (κ1) is 9.38. The molecule has 3 N–H and O–H groups in total. The van der Waals surface area contributed by atoms with Crippen LogP contribution < -0.4 is 5.73 Å². The maximum atomic E-state index is 10.8. The van der Waals surface area contributed by atoms with E-state index in [1.807, 2.05) is 0 Å². The Bertz CT molecular complexity index is 560. The van der Waals surface area contributed by atoms with Gasteiger partial charge in [0, 0.05) is 7.05 Å². The predicted octanol–water partition coefficient (Wildman–Crippen LogP) is -0.0479. The molecule has 0 fully saturated rings. The molecule has 0 spiro atoms. The Labute approximate surface area is 84.6 Å². The number of hydrogen-bond donors (Lipinski definition) is 2. The molecule has 0 aliphatic rings. The molecule has 15 heavy (non-hydrogen) atoms. The van der Waals surface area contributed by atoms with E-state index >= 15 is 0 Å². The molecule has 2 heterocycles. The topological polar surface area (TPSA) is 107 Å². The second-order valence-electron chi connectivity index (χ2n) is 3.13. The Morgan fingerprint density at radius 2 is 2.07 bits per heavy atom. The van der Waals surface area contributed by atoms with Crippen LogP contribution in [0, 0.1) is 6.92 Å². The molecule has 2 aromatic heterocycles. The molecule has 0 aliphatic heterocycles. The smallest absolute Gasteiger partial charge is 0.372 e. The lowest BCUT2D eigenvalue weighted by atomic mass is 10.4. The summed E-state index contributed by atoms with van der Waals surface area (Å²) in [5.41, 5.74) is 6.41. The van der Waals surface area contributed by atoms with Gasteiger partial charge < -0.3 is 15.4 Å². The third-order valence-corrected chi connectivity index (χ3v) is 2.06. The molecule has 0 atom stereocenters. The van der Waals surface area contributed by atoms with E-state index in [4.69, 9.17) is 10.8 Å². The molecule has 0 amide bonds. The van der Waals surface area contributed by atoms with Crippen molar-refractivity contribution in [3.05, 3.63) is 11.6 Å². The zero-order chi connectivity index (χ0) is 11.2. The van der Waals surface area contributed by atoms with E-state index in [0.29, 0.717) is 17.0 Å². The number of carbonyl (C=O) groups is 1. The monoisotopic (exact) mass is 207 g/mol. The summed E-state index contributed by atoms with van der Waals surface area (Å²) in [6.45, 7) is 1.67. The maximum Gasteiger partial charge on any atom is 0.372 e. The van der Waals surface area contributed by atoms with Gasteiger partial charge in [0.05, 0.1) is 0 Å². The number of carboxylic acids is 1. The summed E-state index contributed by atoms with van der Waals surface area (Å²) >= 11 is 0. The number of nitrogens with two attached hydrogens (primary N) is 1. The quantitative estimate of drug-likeness (QED) is 0.679. The van der Waals surface area contributed by atoms with Gasteiger partial charge >= 0.3 is 5.97 Å². The van der Waals surface area contributed by atoms with E-state index in [1.165, 1.54) is 4.57 Å².